The Labute approximate surface area is 215 Å². The first-order chi connectivity index (χ1) is 17.8. The summed E-state index contributed by atoms with van der Waals surface area (Å²) in [6.45, 7) is -0.918. The minimum Gasteiger partial charge on any atom is -0.478 e. The minimum absolute atomic E-state index is 0.0394. The molecule has 5 nitrogen and oxygen atoms in total. The van der Waals surface area contributed by atoms with Gasteiger partial charge in [-0.25, -0.2) is 4.79 Å². The number of anilines is 2. The average Bonchev–Trinajstić information content (AvgIpc) is 2.93. The van der Waals surface area contributed by atoms with Gasteiger partial charge in [0.25, 0.3) is 0 Å². The Bertz CT molecular complexity index is 1250. The number of rotatable bonds is 8. The highest BCUT2D eigenvalue weighted by atomic mass is 16.4. The summed E-state index contributed by atoms with van der Waals surface area (Å²) in [6.07, 6.45) is 7.44. The molecule has 0 bridgehead atoms. The third kappa shape index (κ3) is 6.42. The molecule has 1 amide bonds. The van der Waals surface area contributed by atoms with E-state index >= 15 is 0 Å². The monoisotopic (exact) mass is 483 g/mol. The number of aliphatic carboxylic acids is 1. The second-order valence-electron chi connectivity index (χ2n) is 9.50. The summed E-state index contributed by atoms with van der Waals surface area (Å²) < 4.78 is 9.14. The normalized spacial score (nSPS) is 15.3. The van der Waals surface area contributed by atoms with Gasteiger partial charge in [0.15, 0.2) is 0 Å². The predicted octanol–water partition coefficient (Wildman–Crippen LogP) is 6.63. The van der Waals surface area contributed by atoms with Crippen molar-refractivity contribution in [1.82, 2.24) is 0 Å². The standard InChI is InChI=1S/C31H34N2O3/c1-32(2)28-18-16-26(17-19-28)25-14-11-24(12-15-25)22-33(31(36)27-8-4-3-5-9-27)29-10-6-7-23(21-29)13-20-30(34)35/h6-7,10-21,27H,3-5,8-9,22H2,1-2H3,(H,34,35)/b20-13+/i22D/t22-/m0/s1. The van der Waals surface area contributed by atoms with Gasteiger partial charge in [0.05, 0.1) is 7.89 Å². The molecule has 5 heteroatoms. The maximum absolute atomic E-state index is 13.8. The van der Waals surface area contributed by atoms with Gasteiger partial charge in [0, 0.05) is 37.5 Å². The molecule has 36 heavy (non-hydrogen) atoms. The van der Waals surface area contributed by atoms with E-state index in [1.54, 1.807) is 23.1 Å². The topological polar surface area (TPSA) is 60.9 Å². The van der Waals surface area contributed by atoms with Crippen LogP contribution < -0.4 is 9.80 Å². The molecule has 1 N–H and O–H groups in total. The van der Waals surface area contributed by atoms with Crippen LogP contribution >= 0.6 is 0 Å². The summed E-state index contributed by atoms with van der Waals surface area (Å²) >= 11 is 0. The van der Waals surface area contributed by atoms with E-state index in [1.807, 2.05) is 44.4 Å². The molecule has 1 aliphatic rings. The van der Waals surface area contributed by atoms with Gasteiger partial charge in [-0.1, -0.05) is 67.8 Å². The van der Waals surface area contributed by atoms with E-state index in [0.717, 1.165) is 60.6 Å². The summed E-state index contributed by atoms with van der Waals surface area (Å²) in [6, 6.07) is 23.3. The Balaban J connectivity index is 1.64. The lowest BCUT2D eigenvalue weighted by atomic mass is 9.88. The van der Waals surface area contributed by atoms with E-state index < -0.39 is 12.5 Å². The van der Waals surface area contributed by atoms with Gasteiger partial charge in [0.1, 0.15) is 0 Å². The molecular weight excluding hydrogens is 448 g/mol. The minimum atomic E-state index is -1.03. The summed E-state index contributed by atoms with van der Waals surface area (Å²) in [5.74, 6) is -1.17. The van der Waals surface area contributed by atoms with E-state index in [0.29, 0.717) is 11.3 Å². The lowest BCUT2D eigenvalue weighted by molar-refractivity contribution is -0.131. The summed E-state index contributed by atoms with van der Waals surface area (Å²) in [7, 11) is 4.02. The molecule has 0 aliphatic heterocycles. The van der Waals surface area contributed by atoms with Crippen molar-refractivity contribution < 1.29 is 16.1 Å². The van der Waals surface area contributed by atoms with E-state index in [4.69, 9.17) is 6.48 Å². The van der Waals surface area contributed by atoms with Crippen molar-refractivity contribution in [1.29, 1.82) is 0 Å². The maximum atomic E-state index is 13.8. The van der Waals surface area contributed by atoms with Crippen LogP contribution in [0.25, 0.3) is 17.2 Å². The molecule has 0 spiro atoms. The lowest BCUT2D eigenvalue weighted by Gasteiger charge is -2.30. The van der Waals surface area contributed by atoms with E-state index in [2.05, 4.69) is 29.2 Å². The fourth-order valence-electron chi connectivity index (χ4n) is 4.62. The second-order valence-corrected chi connectivity index (χ2v) is 9.50. The van der Waals surface area contributed by atoms with Crippen molar-refractivity contribution in [2.45, 2.75) is 38.6 Å². The fraction of sp³-hybridized carbons (Fsp3) is 0.290. The molecule has 0 radical (unpaired) electrons. The Hall–Kier alpha value is -3.86. The van der Waals surface area contributed by atoms with E-state index in [9.17, 15) is 9.59 Å². The number of hydrogen-bond acceptors (Lipinski definition) is 3. The highest BCUT2D eigenvalue weighted by Gasteiger charge is 2.27. The molecule has 1 aliphatic carbocycles. The number of carbonyl (C=O) groups excluding carboxylic acids is 1. The third-order valence-electron chi connectivity index (χ3n) is 6.66. The van der Waals surface area contributed by atoms with Crippen molar-refractivity contribution in [2.24, 2.45) is 5.92 Å². The first kappa shape index (κ1) is 23.9. The molecule has 0 saturated heterocycles. The maximum Gasteiger partial charge on any atom is 0.328 e. The van der Waals surface area contributed by atoms with Crippen LogP contribution in [-0.4, -0.2) is 31.1 Å². The molecule has 3 aromatic carbocycles. The van der Waals surface area contributed by atoms with Crippen LogP contribution in [0.15, 0.2) is 78.9 Å². The lowest BCUT2D eigenvalue weighted by Crippen LogP contribution is -2.36. The highest BCUT2D eigenvalue weighted by Crippen LogP contribution is 2.30. The molecule has 4 rings (SSSR count). The quantitative estimate of drug-likeness (QED) is 0.365. The Kier molecular flexibility index (Phi) is 7.76. The smallest absolute Gasteiger partial charge is 0.328 e. The van der Waals surface area contributed by atoms with Gasteiger partial charge in [-0.05, 0) is 65.4 Å². The largest absolute Gasteiger partial charge is 0.478 e. The molecule has 0 aromatic heterocycles. The van der Waals surface area contributed by atoms with Crippen molar-refractivity contribution in [3.63, 3.8) is 0 Å². The van der Waals surface area contributed by atoms with Crippen LogP contribution in [0, 0.1) is 5.92 Å². The molecule has 0 heterocycles. The van der Waals surface area contributed by atoms with Crippen molar-refractivity contribution >= 4 is 29.3 Å². The zero-order valence-electron chi connectivity index (χ0n) is 21.9. The number of carboxylic acid groups (broad SMARTS) is 1. The fourth-order valence-corrected chi connectivity index (χ4v) is 4.62. The van der Waals surface area contributed by atoms with E-state index in [-0.39, 0.29) is 11.8 Å². The predicted molar refractivity (Wildman–Crippen MR) is 147 cm³/mol. The van der Waals surface area contributed by atoms with Gasteiger partial charge >= 0.3 is 5.97 Å². The molecule has 186 valence electrons. The highest BCUT2D eigenvalue weighted by molar-refractivity contribution is 5.95. The zero-order chi connectivity index (χ0) is 26.4. The Morgan fingerprint density at radius 1 is 0.917 bits per heavy atom. The number of carboxylic acids is 1. The Morgan fingerprint density at radius 3 is 2.17 bits per heavy atom. The number of hydrogen-bond donors (Lipinski definition) is 1. The number of benzene rings is 3. The summed E-state index contributed by atoms with van der Waals surface area (Å²) in [5.41, 5.74) is 5.27. The van der Waals surface area contributed by atoms with Crippen LogP contribution in [0.5, 0.6) is 0 Å². The molecule has 1 atom stereocenters. The molecule has 1 fully saturated rings. The SMILES string of the molecule is [2H][C@@H](c1ccc(-c2ccc(N(C)C)cc2)cc1)N(C(=O)C1CCCCC1)c1cccc(/C=C/C(=O)O)c1. The van der Waals surface area contributed by atoms with Gasteiger partial charge in [0.2, 0.25) is 5.91 Å². The molecule has 1 saturated carbocycles. The van der Waals surface area contributed by atoms with Gasteiger partial charge in [-0.3, -0.25) is 4.79 Å². The Morgan fingerprint density at radius 2 is 1.56 bits per heavy atom. The first-order valence-electron chi connectivity index (χ1n) is 13.1. The first-order valence-corrected chi connectivity index (χ1v) is 12.5. The van der Waals surface area contributed by atoms with E-state index in [1.165, 1.54) is 6.08 Å². The second kappa shape index (κ2) is 11.7. The zero-order valence-corrected chi connectivity index (χ0v) is 20.9. The van der Waals surface area contributed by atoms with Gasteiger partial charge in [-0.2, -0.15) is 0 Å². The number of carbonyl (C=O) groups is 2. The third-order valence-corrected chi connectivity index (χ3v) is 6.66. The summed E-state index contributed by atoms with van der Waals surface area (Å²) in [4.78, 5) is 28.4. The average molecular weight is 484 g/mol. The number of amides is 1. The van der Waals surface area contributed by atoms with Crippen molar-refractivity contribution in [3.05, 3.63) is 90.0 Å². The van der Waals surface area contributed by atoms with Crippen molar-refractivity contribution in [3.8, 4) is 11.1 Å². The van der Waals surface area contributed by atoms with Crippen LogP contribution in [0.4, 0.5) is 11.4 Å². The summed E-state index contributed by atoms with van der Waals surface area (Å²) in [5, 5.41) is 9.01. The van der Waals surface area contributed by atoms with Crippen LogP contribution in [0.3, 0.4) is 0 Å². The number of nitrogens with zero attached hydrogens (tertiary/aromatic N) is 2. The molecular formula is C31H34N2O3. The van der Waals surface area contributed by atoms with Crippen LogP contribution in [-0.2, 0) is 16.1 Å². The van der Waals surface area contributed by atoms with Gasteiger partial charge in [-0.15, -0.1) is 0 Å². The van der Waals surface area contributed by atoms with Gasteiger partial charge < -0.3 is 14.9 Å². The van der Waals surface area contributed by atoms with Crippen LogP contribution in [0.1, 0.15) is 44.6 Å². The molecule has 0 unspecified atom stereocenters. The van der Waals surface area contributed by atoms with Crippen LogP contribution in [0.2, 0.25) is 0 Å². The van der Waals surface area contributed by atoms with Crippen molar-refractivity contribution in [2.75, 3.05) is 23.9 Å². The molecule has 3 aromatic rings.